The van der Waals surface area contributed by atoms with E-state index in [1.165, 1.54) is 25.1 Å². The second-order valence-electron chi connectivity index (χ2n) is 6.84. The van der Waals surface area contributed by atoms with E-state index in [-0.39, 0.29) is 18.1 Å². The van der Waals surface area contributed by atoms with Crippen LogP contribution in [-0.2, 0) is 11.4 Å². The SMILES string of the molecule is CC(=O)Nc1cc(NC(=O)c2oc3ccccc3c2COc2ccccc2)ccc1F. The highest BCUT2D eigenvalue weighted by atomic mass is 19.1. The van der Waals surface area contributed by atoms with Gasteiger partial charge in [0.2, 0.25) is 5.91 Å². The van der Waals surface area contributed by atoms with Crippen LogP contribution in [0.5, 0.6) is 5.75 Å². The molecule has 31 heavy (non-hydrogen) atoms. The molecule has 7 heteroatoms. The molecule has 6 nitrogen and oxygen atoms in total. The molecular weight excluding hydrogens is 399 g/mol. The molecule has 0 atom stereocenters. The van der Waals surface area contributed by atoms with Gasteiger partial charge in [0.05, 0.1) is 5.69 Å². The van der Waals surface area contributed by atoms with E-state index in [4.69, 9.17) is 9.15 Å². The van der Waals surface area contributed by atoms with Crippen LogP contribution in [0, 0.1) is 5.82 Å². The lowest BCUT2D eigenvalue weighted by atomic mass is 10.1. The van der Waals surface area contributed by atoms with Gasteiger partial charge in [-0.3, -0.25) is 9.59 Å². The van der Waals surface area contributed by atoms with Gasteiger partial charge in [-0.15, -0.1) is 0 Å². The summed E-state index contributed by atoms with van der Waals surface area (Å²) >= 11 is 0. The van der Waals surface area contributed by atoms with Crippen molar-refractivity contribution in [2.24, 2.45) is 0 Å². The number of rotatable bonds is 6. The van der Waals surface area contributed by atoms with Crippen LogP contribution in [0.15, 0.2) is 77.2 Å². The third-order valence-corrected chi connectivity index (χ3v) is 4.57. The molecule has 0 spiro atoms. The summed E-state index contributed by atoms with van der Waals surface area (Å²) in [6.07, 6.45) is 0. The predicted molar refractivity (Wildman–Crippen MR) is 116 cm³/mol. The quantitative estimate of drug-likeness (QED) is 0.442. The van der Waals surface area contributed by atoms with Crippen molar-refractivity contribution in [3.8, 4) is 5.75 Å². The Morgan fingerprint density at radius 2 is 1.71 bits per heavy atom. The average Bonchev–Trinajstić information content (AvgIpc) is 3.14. The van der Waals surface area contributed by atoms with Crippen molar-refractivity contribution in [1.29, 1.82) is 0 Å². The molecule has 0 radical (unpaired) electrons. The summed E-state index contributed by atoms with van der Waals surface area (Å²) < 4.78 is 25.5. The first-order valence-electron chi connectivity index (χ1n) is 9.58. The summed E-state index contributed by atoms with van der Waals surface area (Å²) in [6, 6.07) is 20.5. The highest BCUT2D eigenvalue weighted by Gasteiger charge is 2.21. The Morgan fingerprint density at radius 3 is 2.48 bits per heavy atom. The molecule has 0 unspecified atom stereocenters. The number of amides is 2. The van der Waals surface area contributed by atoms with Crippen molar-refractivity contribution in [3.63, 3.8) is 0 Å². The molecule has 0 bridgehead atoms. The molecule has 1 aromatic heterocycles. The maximum atomic E-state index is 13.9. The lowest BCUT2D eigenvalue weighted by Crippen LogP contribution is -2.15. The Hall–Kier alpha value is -4.13. The Balaban J connectivity index is 1.62. The molecule has 0 aliphatic carbocycles. The number of para-hydroxylation sites is 2. The van der Waals surface area contributed by atoms with Crippen LogP contribution < -0.4 is 15.4 Å². The highest BCUT2D eigenvalue weighted by Crippen LogP contribution is 2.28. The molecule has 0 fully saturated rings. The van der Waals surface area contributed by atoms with Crippen LogP contribution >= 0.6 is 0 Å². The van der Waals surface area contributed by atoms with Crippen LogP contribution in [0.4, 0.5) is 15.8 Å². The number of carbonyl (C=O) groups excluding carboxylic acids is 2. The molecular formula is C24H19FN2O4. The van der Waals surface area contributed by atoms with Crippen molar-refractivity contribution < 1.29 is 23.1 Å². The monoisotopic (exact) mass is 418 g/mol. The molecule has 0 saturated carbocycles. The van der Waals surface area contributed by atoms with E-state index in [1.807, 2.05) is 48.5 Å². The third kappa shape index (κ3) is 4.56. The van der Waals surface area contributed by atoms with E-state index in [2.05, 4.69) is 10.6 Å². The molecule has 2 amide bonds. The molecule has 0 saturated heterocycles. The topological polar surface area (TPSA) is 80.6 Å². The number of halogens is 1. The molecule has 0 aliphatic rings. The van der Waals surface area contributed by atoms with E-state index in [9.17, 15) is 14.0 Å². The molecule has 3 aromatic carbocycles. The third-order valence-electron chi connectivity index (χ3n) is 4.57. The van der Waals surface area contributed by atoms with Gasteiger partial charge in [-0.2, -0.15) is 0 Å². The zero-order valence-electron chi connectivity index (χ0n) is 16.6. The Kier molecular flexibility index (Phi) is 5.66. The number of furan rings is 1. The predicted octanol–water partition coefficient (Wildman–Crippen LogP) is 5.36. The van der Waals surface area contributed by atoms with Gasteiger partial charge in [-0.05, 0) is 36.4 Å². The van der Waals surface area contributed by atoms with E-state index >= 15 is 0 Å². The Bertz CT molecular complexity index is 1250. The zero-order chi connectivity index (χ0) is 21.8. The smallest absolute Gasteiger partial charge is 0.291 e. The normalized spacial score (nSPS) is 10.6. The van der Waals surface area contributed by atoms with Gasteiger partial charge in [0.1, 0.15) is 23.8 Å². The van der Waals surface area contributed by atoms with E-state index in [0.717, 1.165) is 5.39 Å². The number of ether oxygens (including phenoxy) is 1. The van der Waals surface area contributed by atoms with Crippen LogP contribution in [-0.4, -0.2) is 11.8 Å². The van der Waals surface area contributed by atoms with Crippen molar-refractivity contribution in [1.82, 2.24) is 0 Å². The molecule has 1 heterocycles. The standard InChI is InChI=1S/C24H19FN2O4/c1-15(28)26-21-13-16(11-12-20(21)25)27-24(29)23-19(14-30-17-7-3-2-4-8-17)18-9-5-6-10-22(18)31-23/h2-13H,14H2,1H3,(H,26,28)(H,27,29). The second-order valence-corrected chi connectivity index (χ2v) is 6.84. The fourth-order valence-corrected chi connectivity index (χ4v) is 3.17. The number of benzene rings is 3. The lowest BCUT2D eigenvalue weighted by Gasteiger charge is -2.10. The highest BCUT2D eigenvalue weighted by molar-refractivity contribution is 6.06. The number of hydrogen-bond acceptors (Lipinski definition) is 4. The number of hydrogen-bond donors (Lipinski definition) is 2. The minimum Gasteiger partial charge on any atom is -0.489 e. The molecule has 0 aliphatic heterocycles. The maximum Gasteiger partial charge on any atom is 0.291 e. The number of nitrogens with one attached hydrogen (secondary N) is 2. The average molecular weight is 418 g/mol. The molecule has 2 N–H and O–H groups in total. The lowest BCUT2D eigenvalue weighted by molar-refractivity contribution is -0.114. The van der Waals surface area contributed by atoms with Crippen molar-refractivity contribution >= 4 is 34.2 Å². The Labute approximate surface area is 177 Å². The molecule has 4 aromatic rings. The van der Waals surface area contributed by atoms with Crippen LogP contribution in [0.1, 0.15) is 23.0 Å². The largest absolute Gasteiger partial charge is 0.489 e. The van der Waals surface area contributed by atoms with Gasteiger partial charge >= 0.3 is 0 Å². The van der Waals surface area contributed by atoms with Gasteiger partial charge < -0.3 is 19.8 Å². The first-order valence-corrected chi connectivity index (χ1v) is 9.58. The summed E-state index contributed by atoms with van der Waals surface area (Å²) in [5.41, 5.74) is 1.44. The minimum atomic E-state index is -0.603. The second kappa shape index (κ2) is 8.71. The molecule has 156 valence electrons. The first kappa shape index (κ1) is 20.2. The maximum absolute atomic E-state index is 13.9. The number of anilines is 2. The van der Waals surface area contributed by atoms with Crippen LogP contribution in [0.25, 0.3) is 11.0 Å². The van der Waals surface area contributed by atoms with Gasteiger partial charge in [0.25, 0.3) is 5.91 Å². The summed E-state index contributed by atoms with van der Waals surface area (Å²) in [4.78, 5) is 24.3. The van der Waals surface area contributed by atoms with Gasteiger partial charge in [0, 0.05) is 23.6 Å². The summed E-state index contributed by atoms with van der Waals surface area (Å²) in [6.45, 7) is 1.41. The summed E-state index contributed by atoms with van der Waals surface area (Å²) in [5.74, 6) is -0.766. The van der Waals surface area contributed by atoms with Gasteiger partial charge in [-0.25, -0.2) is 4.39 Å². The van der Waals surface area contributed by atoms with E-state index in [0.29, 0.717) is 22.6 Å². The number of fused-ring (bicyclic) bond motifs is 1. The summed E-state index contributed by atoms with van der Waals surface area (Å²) in [7, 11) is 0. The fourth-order valence-electron chi connectivity index (χ4n) is 3.17. The van der Waals surface area contributed by atoms with E-state index < -0.39 is 17.6 Å². The van der Waals surface area contributed by atoms with Crippen molar-refractivity contribution in [3.05, 3.63) is 89.9 Å². The van der Waals surface area contributed by atoms with Crippen molar-refractivity contribution in [2.75, 3.05) is 10.6 Å². The Morgan fingerprint density at radius 1 is 0.968 bits per heavy atom. The fraction of sp³-hybridized carbons (Fsp3) is 0.0833. The minimum absolute atomic E-state index is 0.0254. The van der Waals surface area contributed by atoms with Gasteiger partial charge in [-0.1, -0.05) is 36.4 Å². The van der Waals surface area contributed by atoms with E-state index in [1.54, 1.807) is 6.07 Å². The summed E-state index contributed by atoms with van der Waals surface area (Å²) in [5, 5.41) is 5.85. The van der Waals surface area contributed by atoms with Crippen molar-refractivity contribution in [2.45, 2.75) is 13.5 Å². The first-order chi connectivity index (χ1) is 15.0. The van der Waals surface area contributed by atoms with Crippen LogP contribution in [0.3, 0.4) is 0 Å². The number of carbonyl (C=O) groups is 2. The zero-order valence-corrected chi connectivity index (χ0v) is 16.6. The van der Waals surface area contributed by atoms with Crippen LogP contribution in [0.2, 0.25) is 0 Å². The van der Waals surface area contributed by atoms with Gasteiger partial charge in [0.15, 0.2) is 5.76 Å². The molecule has 4 rings (SSSR count).